The maximum absolute atomic E-state index is 11.8. The molecule has 1 aliphatic rings. The minimum atomic E-state index is 0.00348. The smallest absolute Gasteiger partial charge is 0.234 e. The second-order valence-electron chi connectivity index (χ2n) is 4.26. The van der Waals surface area contributed by atoms with Crippen LogP contribution in [0.3, 0.4) is 0 Å². The molecule has 1 fully saturated rings. The molecule has 0 bridgehead atoms. The Labute approximate surface area is 101 Å². The predicted molar refractivity (Wildman–Crippen MR) is 64.6 cm³/mol. The van der Waals surface area contributed by atoms with Gasteiger partial charge in [0.15, 0.2) is 5.78 Å². The highest BCUT2D eigenvalue weighted by Gasteiger charge is 2.18. The van der Waals surface area contributed by atoms with Crippen LogP contribution >= 0.6 is 0 Å². The van der Waals surface area contributed by atoms with Crippen molar-refractivity contribution in [3.05, 3.63) is 35.9 Å². The maximum atomic E-state index is 11.8. The largest absolute Gasteiger partial charge is 0.354 e. The number of ketones is 1. The van der Waals surface area contributed by atoms with E-state index in [2.05, 4.69) is 5.32 Å². The molecular weight excluding hydrogens is 216 g/mol. The molecule has 0 spiro atoms. The normalized spacial score (nSPS) is 16.6. The fraction of sp³-hybridized carbons (Fsp3) is 0.385. The van der Waals surface area contributed by atoms with Gasteiger partial charge < -0.3 is 5.32 Å². The predicted octanol–water partition coefficient (Wildman–Crippen LogP) is 0.230. The van der Waals surface area contributed by atoms with Gasteiger partial charge in [0.1, 0.15) is 0 Å². The van der Waals surface area contributed by atoms with Gasteiger partial charge in [0.25, 0.3) is 0 Å². The lowest BCUT2D eigenvalue weighted by atomic mass is 10.1. The molecule has 1 amide bonds. The minimum Gasteiger partial charge on any atom is -0.354 e. The van der Waals surface area contributed by atoms with Crippen molar-refractivity contribution in [2.75, 3.05) is 26.2 Å². The molecule has 90 valence electrons. The molecule has 0 aromatic heterocycles. The third-order valence-electron chi connectivity index (χ3n) is 2.76. The molecule has 0 atom stereocenters. The average molecular weight is 232 g/mol. The number of carbonyl (C=O) groups is 2. The summed E-state index contributed by atoms with van der Waals surface area (Å²) >= 11 is 0. The number of benzene rings is 1. The molecule has 2 rings (SSSR count). The first-order valence-corrected chi connectivity index (χ1v) is 5.79. The quantitative estimate of drug-likeness (QED) is 0.808. The van der Waals surface area contributed by atoms with Crippen LogP contribution in [0.4, 0.5) is 0 Å². The number of nitrogens with zero attached hydrogens (tertiary/aromatic N) is 1. The van der Waals surface area contributed by atoms with E-state index in [1.165, 1.54) is 0 Å². The van der Waals surface area contributed by atoms with E-state index in [4.69, 9.17) is 0 Å². The van der Waals surface area contributed by atoms with Gasteiger partial charge in [-0.15, -0.1) is 0 Å². The van der Waals surface area contributed by atoms with Crippen LogP contribution in [-0.4, -0.2) is 42.8 Å². The molecule has 1 aromatic rings. The first kappa shape index (κ1) is 11.8. The van der Waals surface area contributed by atoms with Crippen molar-refractivity contribution < 1.29 is 9.59 Å². The summed E-state index contributed by atoms with van der Waals surface area (Å²) in [5.74, 6) is 0.162. The zero-order valence-corrected chi connectivity index (χ0v) is 9.69. The van der Waals surface area contributed by atoms with Gasteiger partial charge >= 0.3 is 0 Å². The Morgan fingerprint density at radius 2 is 2.06 bits per heavy atom. The van der Waals surface area contributed by atoms with Gasteiger partial charge in [0.05, 0.1) is 13.1 Å². The van der Waals surface area contributed by atoms with Gasteiger partial charge in [-0.05, 0) is 5.56 Å². The fourth-order valence-corrected chi connectivity index (χ4v) is 1.96. The van der Waals surface area contributed by atoms with Gasteiger partial charge in [0.2, 0.25) is 5.91 Å². The molecule has 1 aromatic carbocycles. The highest BCUT2D eigenvalue weighted by atomic mass is 16.2. The Kier molecular flexibility index (Phi) is 3.88. The van der Waals surface area contributed by atoms with Crippen LogP contribution in [0.5, 0.6) is 0 Å². The van der Waals surface area contributed by atoms with E-state index < -0.39 is 0 Å². The topological polar surface area (TPSA) is 49.4 Å². The monoisotopic (exact) mass is 232 g/mol. The number of rotatable bonds is 4. The van der Waals surface area contributed by atoms with E-state index >= 15 is 0 Å². The molecule has 1 aliphatic heterocycles. The Morgan fingerprint density at radius 1 is 1.29 bits per heavy atom. The molecule has 0 radical (unpaired) electrons. The number of carbonyl (C=O) groups excluding carboxylic acids is 2. The van der Waals surface area contributed by atoms with Gasteiger partial charge in [0, 0.05) is 19.5 Å². The minimum absolute atomic E-state index is 0.00348. The summed E-state index contributed by atoms with van der Waals surface area (Å²) in [6.45, 7) is 2.09. The Balaban J connectivity index is 1.83. The molecule has 1 saturated heterocycles. The van der Waals surface area contributed by atoms with Gasteiger partial charge in [-0.25, -0.2) is 0 Å². The van der Waals surface area contributed by atoms with Crippen LogP contribution in [0.2, 0.25) is 0 Å². The summed E-state index contributed by atoms with van der Waals surface area (Å²) in [7, 11) is 0. The maximum Gasteiger partial charge on any atom is 0.234 e. The fourth-order valence-electron chi connectivity index (χ4n) is 1.96. The SMILES string of the molecule is O=C(Cc1ccccc1)CN1CCNC(=O)C1. The van der Waals surface area contributed by atoms with Crippen molar-refractivity contribution in [1.29, 1.82) is 0 Å². The molecule has 0 saturated carbocycles. The first-order valence-electron chi connectivity index (χ1n) is 5.79. The summed E-state index contributed by atoms with van der Waals surface area (Å²) in [6, 6.07) is 9.68. The molecule has 4 heteroatoms. The van der Waals surface area contributed by atoms with Crippen molar-refractivity contribution in [2.24, 2.45) is 0 Å². The lowest BCUT2D eigenvalue weighted by Gasteiger charge is -2.25. The Morgan fingerprint density at radius 3 is 2.76 bits per heavy atom. The second-order valence-corrected chi connectivity index (χ2v) is 4.26. The molecule has 0 aliphatic carbocycles. The van der Waals surface area contributed by atoms with E-state index in [0.29, 0.717) is 26.1 Å². The van der Waals surface area contributed by atoms with Gasteiger partial charge in [-0.3, -0.25) is 14.5 Å². The van der Waals surface area contributed by atoms with Crippen LogP contribution < -0.4 is 5.32 Å². The van der Waals surface area contributed by atoms with Crippen molar-refractivity contribution in [1.82, 2.24) is 10.2 Å². The zero-order valence-electron chi connectivity index (χ0n) is 9.69. The third-order valence-corrected chi connectivity index (χ3v) is 2.76. The van der Waals surface area contributed by atoms with Crippen LogP contribution in [0.15, 0.2) is 30.3 Å². The molecule has 0 unspecified atom stereocenters. The summed E-state index contributed by atoms with van der Waals surface area (Å²) in [4.78, 5) is 24.9. The Bertz CT molecular complexity index is 403. The second kappa shape index (κ2) is 5.59. The highest BCUT2D eigenvalue weighted by Crippen LogP contribution is 2.02. The van der Waals surface area contributed by atoms with Crippen LogP contribution in [0.25, 0.3) is 0 Å². The van der Waals surface area contributed by atoms with Crippen LogP contribution in [0, 0.1) is 0 Å². The molecule has 17 heavy (non-hydrogen) atoms. The summed E-state index contributed by atoms with van der Waals surface area (Å²) in [6.07, 6.45) is 0.443. The summed E-state index contributed by atoms with van der Waals surface area (Å²) in [5.41, 5.74) is 1.03. The van der Waals surface area contributed by atoms with E-state index in [1.54, 1.807) is 0 Å². The molecular formula is C13H16N2O2. The van der Waals surface area contributed by atoms with E-state index in [0.717, 1.165) is 12.1 Å². The number of hydrogen-bond donors (Lipinski definition) is 1. The first-order chi connectivity index (χ1) is 8.24. The van der Waals surface area contributed by atoms with Crippen molar-refractivity contribution in [3.8, 4) is 0 Å². The molecule has 1 N–H and O–H groups in total. The average Bonchev–Trinajstić information content (AvgIpc) is 2.30. The zero-order chi connectivity index (χ0) is 12.1. The van der Waals surface area contributed by atoms with Crippen molar-refractivity contribution in [2.45, 2.75) is 6.42 Å². The van der Waals surface area contributed by atoms with Gasteiger partial charge in [-0.1, -0.05) is 30.3 Å². The van der Waals surface area contributed by atoms with E-state index in [9.17, 15) is 9.59 Å². The third kappa shape index (κ3) is 3.67. The van der Waals surface area contributed by atoms with Crippen molar-refractivity contribution in [3.63, 3.8) is 0 Å². The number of nitrogens with one attached hydrogen (secondary N) is 1. The lowest BCUT2D eigenvalue weighted by molar-refractivity contribution is -0.126. The lowest BCUT2D eigenvalue weighted by Crippen LogP contribution is -2.49. The molecule has 4 nitrogen and oxygen atoms in total. The Hall–Kier alpha value is -1.68. The number of hydrogen-bond acceptors (Lipinski definition) is 3. The summed E-state index contributed by atoms with van der Waals surface area (Å²) in [5, 5.41) is 2.74. The van der Waals surface area contributed by atoms with Crippen LogP contribution in [0.1, 0.15) is 5.56 Å². The van der Waals surface area contributed by atoms with E-state index in [1.807, 2.05) is 35.2 Å². The standard InChI is InChI=1S/C13H16N2O2/c16-12(8-11-4-2-1-3-5-11)9-15-7-6-14-13(17)10-15/h1-5H,6-10H2,(H,14,17). The highest BCUT2D eigenvalue weighted by molar-refractivity contribution is 5.84. The number of piperazine rings is 1. The van der Waals surface area contributed by atoms with Crippen molar-refractivity contribution >= 4 is 11.7 Å². The van der Waals surface area contributed by atoms with E-state index in [-0.39, 0.29) is 11.7 Å². The number of amides is 1. The van der Waals surface area contributed by atoms with Gasteiger partial charge in [-0.2, -0.15) is 0 Å². The molecule has 1 heterocycles. The summed E-state index contributed by atoms with van der Waals surface area (Å²) < 4.78 is 0. The van der Waals surface area contributed by atoms with Crippen LogP contribution in [-0.2, 0) is 16.0 Å². The number of Topliss-reactive ketones (excluding diaryl/α,β-unsaturated/α-hetero) is 1.